The van der Waals surface area contributed by atoms with Gasteiger partial charge in [-0.3, -0.25) is 0 Å². The molecule has 0 saturated carbocycles. The van der Waals surface area contributed by atoms with Crippen LogP contribution in [-0.2, 0) is 4.74 Å². The van der Waals surface area contributed by atoms with Crippen molar-refractivity contribution in [3.63, 3.8) is 0 Å². The molecule has 0 spiro atoms. The van der Waals surface area contributed by atoms with Crippen molar-refractivity contribution in [2.75, 3.05) is 37.5 Å². The van der Waals surface area contributed by atoms with E-state index in [4.69, 9.17) is 4.74 Å². The summed E-state index contributed by atoms with van der Waals surface area (Å²) in [6.07, 6.45) is 0. The average molecular weight is 248 g/mol. The zero-order chi connectivity index (χ0) is 13.3. The molecule has 1 aliphatic heterocycles. The quantitative estimate of drug-likeness (QED) is 0.775. The highest BCUT2D eigenvalue weighted by molar-refractivity contribution is 5.92. The standard InChI is InChI=1S/C14H20N2O2/c1-14(2)8-15-11-6-5-10(13(17)18-4)7-12(11)16(3)9-14/h5-7,15H,8-9H2,1-4H3. The van der Waals surface area contributed by atoms with Crippen molar-refractivity contribution in [2.24, 2.45) is 5.41 Å². The topological polar surface area (TPSA) is 41.6 Å². The van der Waals surface area contributed by atoms with Gasteiger partial charge in [0.2, 0.25) is 0 Å². The number of hydrogen-bond donors (Lipinski definition) is 1. The van der Waals surface area contributed by atoms with Crippen LogP contribution in [0.4, 0.5) is 11.4 Å². The Morgan fingerprint density at radius 3 is 2.83 bits per heavy atom. The van der Waals surface area contributed by atoms with Crippen LogP contribution in [0.2, 0.25) is 0 Å². The number of benzene rings is 1. The fourth-order valence-electron chi connectivity index (χ4n) is 2.36. The molecule has 0 aromatic heterocycles. The molecule has 1 aromatic rings. The minimum Gasteiger partial charge on any atom is -0.465 e. The van der Waals surface area contributed by atoms with Crippen LogP contribution in [0.15, 0.2) is 18.2 Å². The largest absolute Gasteiger partial charge is 0.465 e. The second-order valence-corrected chi connectivity index (χ2v) is 5.60. The molecule has 0 aliphatic carbocycles. The van der Waals surface area contributed by atoms with Gasteiger partial charge in [-0.2, -0.15) is 0 Å². The first kappa shape index (κ1) is 12.7. The van der Waals surface area contributed by atoms with E-state index in [-0.39, 0.29) is 11.4 Å². The number of carbonyl (C=O) groups is 1. The zero-order valence-electron chi connectivity index (χ0n) is 11.4. The molecule has 0 radical (unpaired) electrons. The first-order chi connectivity index (χ1) is 8.43. The van der Waals surface area contributed by atoms with Gasteiger partial charge < -0.3 is 15.0 Å². The number of methoxy groups -OCH3 is 1. The highest BCUT2D eigenvalue weighted by atomic mass is 16.5. The summed E-state index contributed by atoms with van der Waals surface area (Å²) in [6.45, 7) is 6.31. The van der Waals surface area contributed by atoms with E-state index >= 15 is 0 Å². The Balaban J connectivity index is 2.38. The molecule has 0 saturated heterocycles. The van der Waals surface area contributed by atoms with Crippen molar-refractivity contribution in [2.45, 2.75) is 13.8 Å². The van der Waals surface area contributed by atoms with Gasteiger partial charge in [0.25, 0.3) is 0 Å². The monoisotopic (exact) mass is 248 g/mol. The number of esters is 1. The van der Waals surface area contributed by atoms with Crippen LogP contribution in [0, 0.1) is 5.41 Å². The van der Waals surface area contributed by atoms with Gasteiger partial charge in [0.15, 0.2) is 0 Å². The fourth-order valence-corrected chi connectivity index (χ4v) is 2.36. The smallest absolute Gasteiger partial charge is 0.337 e. The molecule has 1 aliphatic rings. The Kier molecular flexibility index (Phi) is 3.20. The summed E-state index contributed by atoms with van der Waals surface area (Å²) in [5.74, 6) is -0.297. The lowest BCUT2D eigenvalue weighted by molar-refractivity contribution is 0.0601. The molecule has 0 bridgehead atoms. The first-order valence-corrected chi connectivity index (χ1v) is 6.10. The molecule has 98 valence electrons. The molecule has 1 N–H and O–H groups in total. The number of nitrogens with one attached hydrogen (secondary N) is 1. The number of fused-ring (bicyclic) bond motifs is 1. The van der Waals surface area contributed by atoms with Gasteiger partial charge in [0.1, 0.15) is 0 Å². The number of nitrogens with zero attached hydrogens (tertiary/aromatic N) is 1. The van der Waals surface area contributed by atoms with E-state index in [0.29, 0.717) is 5.56 Å². The SMILES string of the molecule is COC(=O)c1ccc2c(c1)N(C)CC(C)(C)CN2. The van der Waals surface area contributed by atoms with E-state index in [1.54, 1.807) is 6.07 Å². The lowest BCUT2D eigenvalue weighted by Gasteiger charge is -2.27. The van der Waals surface area contributed by atoms with Gasteiger partial charge >= 0.3 is 5.97 Å². The summed E-state index contributed by atoms with van der Waals surface area (Å²) in [5, 5.41) is 3.44. The van der Waals surface area contributed by atoms with Crippen molar-refractivity contribution >= 4 is 17.3 Å². The Morgan fingerprint density at radius 2 is 2.17 bits per heavy atom. The van der Waals surface area contributed by atoms with Crippen LogP contribution in [0.3, 0.4) is 0 Å². The Bertz CT molecular complexity index is 469. The van der Waals surface area contributed by atoms with E-state index in [0.717, 1.165) is 24.5 Å². The van der Waals surface area contributed by atoms with Crippen molar-refractivity contribution in [1.82, 2.24) is 0 Å². The second kappa shape index (κ2) is 4.52. The maximum Gasteiger partial charge on any atom is 0.337 e. The summed E-state index contributed by atoms with van der Waals surface area (Å²) < 4.78 is 4.76. The lowest BCUT2D eigenvalue weighted by atomic mass is 9.93. The molecule has 4 heteroatoms. The third kappa shape index (κ3) is 2.42. The number of carbonyl (C=O) groups excluding carboxylic acids is 1. The molecule has 2 rings (SSSR count). The summed E-state index contributed by atoms with van der Waals surface area (Å²) in [5.41, 5.74) is 2.89. The summed E-state index contributed by atoms with van der Waals surface area (Å²) in [4.78, 5) is 13.7. The Labute approximate surface area is 108 Å². The van der Waals surface area contributed by atoms with E-state index in [1.807, 2.05) is 12.1 Å². The molecule has 0 amide bonds. The maximum absolute atomic E-state index is 11.6. The number of hydrogen-bond acceptors (Lipinski definition) is 4. The predicted molar refractivity (Wildman–Crippen MR) is 73.3 cm³/mol. The first-order valence-electron chi connectivity index (χ1n) is 6.10. The van der Waals surface area contributed by atoms with Gasteiger partial charge in [-0.15, -0.1) is 0 Å². The number of anilines is 2. The molecule has 1 aromatic carbocycles. The summed E-state index contributed by atoms with van der Waals surface area (Å²) in [7, 11) is 3.45. The number of ether oxygens (including phenoxy) is 1. The molecule has 0 fully saturated rings. The third-order valence-corrected chi connectivity index (χ3v) is 3.25. The van der Waals surface area contributed by atoms with E-state index in [9.17, 15) is 4.79 Å². The normalized spacial score (nSPS) is 17.4. The highest BCUT2D eigenvalue weighted by Crippen LogP contribution is 2.33. The minimum absolute atomic E-state index is 0.194. The zero-order valence-corrected chi connectivity index (χ0v) is 11.4. The lowest BCUT2D eigenvalue weighted by Crippen LogP contribution is -2.33. The van der Waals surface area contributed by atoms with Gasteiger partial charge in [-0.25, -0.2) is 4.79 Å². The Morgan fingerprint density at radius 1 is 1.44 bits per heavy atom. The van der Waals surface area contributed by atoms with Gasteiger partial charge in [0, 0.05) is 20.1 Å². The molecule has 0 unspecified atom stereocenters. The van der Waals surface area contributed by atoms with Crippen molar-refractivity contribution < 1.29 is 9.53 Å². The third-order valence-electron chi connectivity index (χ3n) is 3.25. The van der Waals surface area contributed by atoms with E-state index in [1.165, 1.54) is 7.11 Å². The van der Waals surface area contributed by atoms with Crippen LogP contribution < -0.4 is 10.2 Å². The highest BCUT2D eigenvalue weighted by Gasteiger charge is 2.25. The van der Waals surface area contributed by atoms with Crippen LogP contribution in [0.5, 0.6) is 0 Å². The molecular weight excluding hydrogens is 228 g/mol. The Hall–Kier alpha value is -1.71. The average Bonchev–Trinajstić information content (AvgIpc) is 2.45. The molecule has 0 atom stereocenters. The van der Waals surface area contributed by atoms with E-state index < -0.39 is 0 Å². The van der Waals surface area contributed by atoms with Gasteiger partial charge in [-0.1, -0.05) is 13.8 Å². The van der Waals surface area contributed by atoms with Crippen molar-refractivity contribution in [1.29, 1.82) is 0 Å². The predicted octanol–water partition coefficient (Wildman–Crippen LogP) is 2.36. The second-order valence-electron chi connectivity index (χ2n) is 5.60. The molecule has 18 heavy (non-hydrogen) atoms. The van der Waals surface area contributed by atoms with Crippen molar-refractivity contribution in [3.05, 3.63) is 23.8 Å². The molecule has 4 nitrogen and oxygen atoms in total. The van der Waals surface area contributed by atoms with Crippen LogP contribution in [0.25, 0.3) is 0 Å². The van der Waals surface area contributed by atoms with Crippen LogP contribution >= 0.6 is 0 Å². The summed E-state index contributed by atoms with van der Waals surface area (Å²) >= 11 is 0. The minimum atomic E-state index is -0.297. The van der Waals surface area contributed by atoms with Crippen LogP contribution in [0.1, 0.15) is 24.2 Å². The molecular formula is C14H20N2O2. The maximum atomic E-state index is 11.6. The fraction of sp³-hybridized carbons (Fsp3) is 0.500. The van der Waals surface area contributed by atoms with E-state index in [2.05, 4.69) is 31.1 Å². The summed E-state index contributed by atoms with van der Waals surface area (Å²) in [6, 6.07) is 5.62. The van der Waals surface area contributed by atoms with Crippen molar-refractivity contribution in [3.8, 4) is 0 Å². The van der Waals surface area contributed by atoms with Gasteiger partial charge in [0.05, 0.1) is 24.0 Å². The number of rotatable bonds is 1. The van der Waals surface area contributed by atoms with Gasteiger partial charge in [-0.05, 0) is 23.6 Å². The molecule has 1 heterocycles. The van der Waals surface area contributed by atoms with Crippen LogP contribution in [-0.4, -0.2) is 33.2 Å².